The van der Waals surface area contributed by atoms with Crippen LogP contribution < -0.4 is 5.32 Å². The smallest absolute Gasteiger partial charge is 0.433 e. The molecule has 7 heteroatoms. The zero-order valence-corrected chi connectivity index (χ0v) is 10.9. The van der Waals surface area contributed by atoms with Gasteiger partial charge in [0.1, 0.15) is 23.1 Å². The summed E-state index contributed by atoms with van der Waals surface area (Å²) in [6.45, 7) is 2.29. The number of ether oxygens (including phenoxy) is 1. The van der Waals surface area contributed by atoms with E-state index < -0.39 is 4.92 Å². The quantitative estimate of drug-likeness (QED) is 0.431. The summed E-state index contributed by atoms with van der Waals surface area (Å²) in [4.78, 5) is 9.88. The molecule has 2 aromatic heterocycles. The van der Waals surface area contributed by atoms with Gasteiger partial charge in [-0.05, 0) is 31.2 Å². The van der Waals surface area contributed by atoms with Gasteiger partial charge in [0.25, 0.3) is 0 Å². The molecule has 20 heavy (non-hydrogen) atoms. The van der Waals surface area contributed by atoms with E-state index in [4.69, 9.17) is 13.6 Å². The van der Waals surface area contributed by atoms with Crippen LogP contribution in [0.25, 0.3) is 0 Å². The summed E-state index contributed by atoms with van der Waals surface area (Å²) < 4.78 is 15.6. The van der Waals surface area contributed by atoms with Gasteiger partial charge in [0.2, 0.25) is 0 Å². The van der Waals surface area contributed by atoms with Crippen molar-refractivity contribution in [2.24, 2.45) is 0 Å². The van der Waals surface area contributed by atoms with Crippen LogP contribution in [0.3, 0.4) is 0 Å². The van der Waals surface area contributed by atoms with Crippen molar-refractivity contribution in [3.63, 3.8) is 0 Å². The maximum atomic E-state index is 10.4. The highest BCUT2D eigenvalue weighted by Crippen LogP contribution is 2.15. The summed E-state index contributed by atoms with van der Waals surface area (Å²) in [5, 5.41) is 13.6. The van der Waals surface area contributed by atoms with Gasteiger partial charge in [-0.2, -0.15) is 0 Å². The summed E-state index contributed by atoms with van der Waals surface area (Å²) in [5.74, 6) is 1.12. The molecule has 0 aliphatic rings. The average molecular weight is 280 g/mol. The van der Waals surface area contributed by atoms with Crippen molar-refractivity contribution < 1.29 is 18.5 Å². The first-order chi connectivity index (χ1) is 9.75. The predicted molar refractivity (Wildman–Crippen MR) is 70.1 cm³/mol. The van der Waals surface area contributed by atoms with Crippen LogP contribution in [-0.2, 0) is 17.9 Å². The average Bonchev–Trinajstić information content (AvgIpc) is 3.08. The van der Waals surface area contributed by atoms with Gasteiger partial charge in [0.15, 0.2) is 0 Å². The normalized spacial score (nSPS) is 10.8. The molecule has 0 radical (unpaired) electrons. The molecular formula is C13H16N2O5. The minimum absolute atomic E-state index is 0.233. The van der Waals surface area contributed by atoms with Gasteiger partial charge < -0.3 is 18.9 Å². The van der Waals surface area contributed by atoms with Gasteiger partial charge >= 0.3 is 5.88 Å². The molecule has 0 aromatic carbocycles. The highest BCUT2D eigenvalue weighted by molar-refractivity contribution is 5.17. The number of hydrogen-bond acceptors (Lipinski definition) is 6. The van der Waals surface area contributed by atoms with Gasteiger partial charge in [-0.1, -0.05) is 0 Å². The Labute approximate surface area is 115 Å². The molecule has 0 saturated heterocycles. The van der Waals surface area contributed by atoms with Gasteiger partial charge in [0.05, 0.1) is 18.9 Å². The monoisotopic (exact) mass is 280 g/mol. The van der Waals surface area contributed by atoms with E-state index in [1.165, 1.54) is 6.07 Å². The lowest BCUT2D eigenvalue weighted by molar-refractivity contribution is -0.402. The number of hydrogen-bond donors (Lipinski definition) is 1. The summed E-state index contributed by atoms with van der Waals surface area (Å²) in [7, 11) is 0. The second-order valence-corrected chi connectivity index (χ2v) is 4.16. The third-order valence-corrected chi connectivity index (χ3v) is 2.59. The number of nitrogens with zero attached hydrogens (tertiary/aromatic N) is 1. The molecule has 108 valence electrons. The van der Waals surface area contributed by atoms with E-state index in [9.17, 15) is 10.1 Å². The lowest BCUT2D eigenvalue weighted by Crippen LogP contribution is -2.15. The zero-order chi connectivity index (χ0) is 14.2. The maximum Gasteiger partial charge on any atom is 0.433 e. The number of nitrogens with one attached hydrogen (secondary N) is 1. The standard InChI is InChI=1S/C13H16N2O5/c16-15(17)13-5-4-11(20-13)9-14-6-2-7-18-10-12-3-1-8-19-12/h1,3-5,8,14H,2,6-7,9-10H2. The van der Waals surface area contributed by atoms with Gasteiger partial charge in [-0.25, -0.2) is 0 Å². The van der Waals surface area contributed by atoms with Crippen molar-refractivity contribution in [3.05, 3.63) is 52.2 Å². The highest BCUT2D eigenvalue weighted by Gasteiger charge is 2.10. The second-order valence-electron chi connectivity index (χ2n) is 4.16. The summed E-state index contributed by atoms with van der Waals surface area (Å²) in [5.41, 5.74) is 0. The molecule has 7 nitrogen and oxygen atoms in total. The van der Waals surface area contributed by atoms with Crippen molar-refractivity contribution in [3.8, 4) is 0 Å². The van der Waals surface area contributed by atoms with E-state index in [1.807, 2.05) is 12.1 Å². The SMILES string of the molecule is O=[N+]([O-])c1ccc(CNCCCOCc2ccco2)o1. The molecule has 0 bridgehead atoms. The molecule has 0 unspecified atom stereocenters. The fourth-order valence-corrected chi connectivity index (χ4v) is 1.64. The Bertz CT molecular complexity index is 521. The zero-order valence-electron chi connectivity index (χ0n) is 10.9. The first-order valence-electron chi connectivity index (χ1n) is 6.29. The Morgan fingerprint density at radius 1 is 1.30 bits per heavy atom. The van der Waals surface area contributed by atoms with Crippen LogP contribution >= 0.6 is 0 Å². The molecule has 2 rings (SSSR count). The van der Waals surface area contributed by atoms with E-state index in [1.54, 1.807) is 12.3 Å². The van der Waals surface area contributed by atoms with Crippen LogP contribution in [0, 0.1) is 10.1 Å². The van der Waals surface area contributed by atoms with Crippen molar-refractivity contribution in [2.45, 2.75) is 19.6 Å². The van der Waals surface area contributed by atoms with Gasteiger partial charge in [-0.15, -0.1) is 0 Å². The first kappa shape index (κ1) is 14.3. The van der Waals surface area contributed by atoms with Crippen LogP contribution in [0.1, 0.15) is 17.9 Å². The highest BCUT2D eigenvalue weighted by atomic mass is 16.6. The fraction of sp³-hybridized carbons (Fsp3) is 0.385. The largest absolute Gasteiger partial charge is 0.467 e. The Morgan fingerprint density at radius 3 is 2.90 bits per heavy atom. The van der Waals surface area contributed by atoms with Crippen LogP contribution in [0.2, 0.25) is 0 Å². The van der Waals surface area contributed by atoms with Gasteiger partial charge in [0, 0.05) is 6.61 Å². The number of rotatable bonds is 9. The van der Waals surface area contributed by atoms with E-state index in [2.05, 4.69) is 5.32 Å². The molecule has 1 N–H and O–H groups in total. The van der Waals surface area contributed by atoms with Crippen LogP contribution in [0.5, 0.6) is 0 Å². The van der Waals surface area contributed by atoms with Gasteiger partial charge in [-0.3, -0.25) is 10.1 Å². The number of furan rings is 2. The molecule has 0 fully saturated rings. The van der Waals surface area contributed by atoms with Crippen LogP contribution in [0.4, 0.5) is 5.88 Å². The molecule has 0 amide bonds. The van der Waals surface area contributed by atoms with E-state index in [-0.39, 0.29) is 5.88 Å². The minimum atomic E-state index is -0.550. The molecule has 2 heterocycles. The summed E-state index contributed by atoms with van der Waals surface area (Å²) in [6, 6.07) is 6.63. The Balaban J connectivity index is 1.52. The Morgan fingerprint density at radius 2 is 2.20 bits per heavy atom. The Hall–Kier alpha value is -2.12. The van der Waals surface area contributed by atoms with E-state index >= 15 is 0 Å². The van der Waals surface area contributed by atoms with Crippen molar-refractivity contribution in [2.75, 3.05) is 13.2 Å². The lowest BCUT2D eigenvalue weighted by atomic mass is 10.4. The molecule has 0 spiro atoms. The first-order valence-corrected chi connectivity index (χ1v) is 6.29. The molecular weight excluding hydrogens is 264 g/mol. The second kappa shape index (κ2) is 7.46. The lowest BCUT2D eigenvalue weighted by Gasteiger charge is -2.03. The van der Waals surface area contributed by atoms with Crippen LogP contribution in [0.15, 0.2) is 39.4 Å². The third kappa shape index (κ3) is 4.52. The Kier molecular flexibility index (Phi) is 5.33. The molecule has 0 saturated carbocycles. The molecule has 2 aromatic rings. The molecule has 0 aliphatic heterocycles. The van der Waals surface area contributed by atoms with Crippen LogP contribution in [-0.4, -0.2) is 18.1 Å². The van der Waals surface area contributed by atoms with E-state index in [0.29, 0.717) is 25.5 Å². The van der Waals surface area contributed by atoms with Crippen molar-refractivity contribution in [1.82, 2.24) is 5.32 Å². The predicted octanol–water partition coefficient (Wildman–Crippen LogP) is 2.48. The molecule has 0 atom stereocenters. The minimum Gasteiger partial charge on any atom is -0.467 e. The molecule has 0 aliphatic carbocycles. The maximum absolute atomic E-state index is 10.4. The fourth-order valence-electron chi connectivity index (χ4n) is 1.64. The van der Waals surface area contributed by atoms with E-state index in [0.717, 1.165) is 18.7 Å². The third-order valence-electron chi connectivity index (χ3n) is 2.59. The summed E-state index contributed by atoms with van der Waals surface area (Å²) in [6.07, 6.45) is 2.45. The number of nitro groups is 1. The van der Waals surface area contributed by atoms with Crippen molar-refractivity contribution >= 4 is 5.88 Å². The topological polar surface area (TPSA) is 90.7 Å². The van der Waals surface area contributed by atoms with Crippen molar-refractivity contribution in [1.29, 1.82) is 0 Å². The summed E-state index contributed by atoms with van der Waals surface area (Å²) >= 11 is 0.